The first kappa shape index (κ1) is 7.84. The van der Waals surface area contributed by atoms with E-state index >= 15 is 0 Å². The zero-order valence-corrected chi connectivity index (χ0v) is 9.83. The molecular formula is C6H5I2N3. The summed E-state index contributed by atoms with van der Waals surface area (Å²) in [5.74, 6) is 1.00. The van der Waals surface area contributed by atoms with Crippen LogP contribution >= 0.6 is 45.5 Å². The smallest absolute Gasteiger partial charge is 0.178 e. The molecule has 2 rings (SSSR count). The highest BCUT2D eigenvalue weighted by molar-refractivity contribution is 14.1. The van der Waals surface area contributed by atoms with Gasteiger partial charge in [0.2, 0.25) is 0 Å². The van der Waals surface area contributed by atoms with Crippen LogP contribution in [0.25, 0.3) is 0 Å². The largest absolute Gasteiger partial charge is 0.346 e. The lowest BCUT2D eigenvalue weighted by molar-refractivity contribution is 0.721. The first-order chi connectivity index (χ1) is 5.27. The minimum Gasteiger partial charge on any atom is -0.346 e. The fraction of sp³-hybridized carbons (Fsp3) is 0.167. The minimum absolute atomic E-state index is 0.946. The highest BCUT2D eigenvalue weighted by Gasteiger charge is 2.15. The second-order valence-corrected chi connectivity index (χ2v) is 4.38. The SMILES string of the molecule is IC1=Nc2[nH]ccc2CN1I. The molecule has 0 unspecified atom stereocenters. The molecule has 1 aromatic heterocycles. The molecule has 1 N–H and O–H groups in total. The summed E-state index contributed by atoms with van der Waals surface area (Å²) in [6.07, 6.45) is 1.92. The van der Waals surface area contributed by atoms with Gasteiger partial charge in [-0.2, -0.15) is 0 Å². The van der Waals surface area contributed by atoms with Crippen LogP contribution in [0.2, 0.25) is 0 Å². The average Bonchev–Trinajstić information content (AvgIpc) is 2.36. The highest BCUT2D eigenvalue weighted by Crippen LogP contribution is 2.27. The van der Waals surface area contributed by atoms with E-state index < -0.39 is 0 Å². The number of fused-ring (bicyclic) bond motifs is 1. The van der Waals surface area contributed by atoms with Crippen LogP contribution in [0.3, 0.4) is 0 Å². The molecule has 0 radical (unpaired) electrons. The molecule has 58 valence electrons. The number of aromatic amines is 1. The van der Waals surface area contributed by atoms with E-state index in [-0.39, 0.29) is 0 Å². The monoisotopic (exact) mass is 373 g/mol. The van der Waals surface area contributed by atoms with Gasteiger partial charge in [-0.15, -0.1) is 0 Å². The Morgan fingerprint density at radius 3 is 3.27 bits per heavy atom. The van der Waals surface area contributed by atoms with E-state index in [1.807, 2.05) is 6.20 Å². The molecule has 1 aromatic rings. The number of nitrogens with zero attached hydrogens (tertiary/aromatic N) is 2. The molecule has 11 heavy (non-hydrogen) atoms. The van der Waals surface area contributed by atoms with E-state index in [4.69, 9.17) is 0 Å². The summed E-state index contributed by atoms with van der Waals surface area (Å²) in [6, 6.07) is 2.06. The van der Waals surface area contributed by atoms with Gasteiger partial charge in [0, 0.05) is 34.4 Å². The topological polar surface area (TPSA) is 31.4 Å². The molecule has 0 aromatic carbocycles. The average molecular weight is 373 g/mol. The maximum absolute atomic E-state index is 4.35. The minimum atomic E-state index is 0.946. The number of H-pyrrole nitrogens is 1. The van der Waals surface area contributed by atoms with Gasteiger partial charge in [-0.25, -0.2) is 4.99 Å². The quantitative estimate of drug-likeness (QED) is 0.423. The van der Waals surface area contributed by atoms with Crippen molar-refractivity contribution in [3.05, 3.63) is 17.8 Å². The van der Waals surface area contributed by atoms with Crippen molar-refractivity contribution in [2.24, 2.45) is 4.99 Å². The maximum atomic E-state index is 4.35. The van der Waals surface area contributed by atoms with Gasteiger partial charge in [0.1, 0.15) is 5.82 Å². The van der Waals surface area contributed by atoms with E-state index in [1.54, 1.807) is 0 Å². The summed E-state index contributed by atoms with van der Waals surface area (Å²) in [5, 5.41) is 0. The Kier molecular flexibility index (Phi) is 2.08. The van der Waals surface area contributed by atoms with Gasteiger partial charge >= 0.3 is 0 Å². The molecule has 1 aliphatic heterocycles. The molecular weight excluding hydrogens is 368 g/mol. The molecule has 2 heterocycles. The fourth-order valence-electron chi connectivity index (χ4n) is 0.986. The molecule has 0 atom stereocenters. The lowest BCUT2D eigenvalue weighted by Gasteiger charge is -2.18. The van der Waals surface area contributed by atoms with Crippen molar-refractivity contribution in [3.8, 4) is 0 Å². The lowest BCUT2D eigenvalue weighted by atomic mass is 10.3. The molecule has 0 aliphatic carbocycles. The van der Waals surface area contributed by atoms with Gasteiger partial charge in [0.15, 0.2) is 3.84 Å². The Balaban J connectivity index is 2.47. The summed E-state index contributed by atoms with van der Waals surface area (Å²) in [5.41, 5.74) is 1.26. The van der Waals surface area contributed by atoms with Crippen LogP contribution in [0.15, 0.2) is 17.3 Å². The normalized spacial score (nSPS) is 16.2. The number of aromatic nitrogens is 1. The summed E-state index contributed by atoms with van der Waals surface area (Å²) < 4.78 is 3.12. The number of rotatable bonds is 0. The second-order valence-electron chi connectivity index (χ2n) is 2.25. The molecule has 0 bridgehead atoms. The van der Waals surface area contributed by atoms with Gasteiger partial charge in [0.05, 0.1) is 29.4 Å². The van der Waals surface area contributed by atoms with Gasteiger partial charge in [0.25, 0.3) is 0 Å². The molecule has 0 amide bonds. The van der Waals surface area contributed by atoms with Crippen LogP contribution in [0.1, 0.15) is 5.56 Å². The Morgan fingerprint density at radius 2 is 2.45 bits per heavy atom. The summed E-state index contributed by atoms with van der Waals surface area (Å²) in [6.45, 7) is 0.946. The van der Waals surface area contributed by atoms with Crippen LogP contribution in [-0.4, -0.2) is 11.9 Å². The Hall–Kier alpha value is 0.210. The zero-order valence-electron chi connectivity index (χ0n) is 5.51. The van der Waals surface area contributed by atoms with Gasteiger partial charge in [-0.1, -0.05) is 0 Å². The third-order valence-electron chi connectivity index (χ3n) is 1.52. The van der Waals surface area contributed by atoms with Crippen LogP contribution in [0.5, 0.6) is 0 Å². The van der Waals surface area contributed by atoms with Crippen molar-refractivity contribution >= 4 is 55.1 Å². The molecule has 1 aliphatic rings. The number of aliphatic imine (C=N–C) groups is 1. The zero-order chi connectivity index (χ0) is 7.84. The molecule has 0 spiro atoms. The molecule has 3 nitrogen and oxygen atoms in total. The van der Waals surface area contributed by atoms with Crippen molar-refractivity contribution in [2.75, 3.05) is 0 Å². The first-order valence-electron chi connectivity index (χ1n) is 3.11. The number of amidine groups is 1. The molecule has 0 fully saturated rings. The number of hydrogen-bond acceptors (Lipinski definition) is 2. The first-order valence-corrected chi connectivity index (χ1v) is 5.15. The number of hydrogen-bond donors (Lipinski definition) is 1. The van der Waals surface area contributed by atoms with Gasteiger partial charge in [-0.05, 0) is 6.07 Å². The Bertz CT molecular complexity index is 305. The number of nitrogens with one attached hydrogen (secondary N) is 1. The highest BCUT2D eigenvalue weighted by atomic mass is 127. The summed E-state index contributed by atoms with van der Waals surface area (Å²) in [7, 11) is 0. The van der Waals surface area contributed by atoms with Crippen molar-refractivity contribution in [1.29, 1.82) is 0 Å². The summed E-state index contributed by atoms with van der Waals surface area (Å²) >= 11 is 4.48. The molecule has 0 saturated heterocycles. The number of halogens is 2. The van der Waals surface area contributed by atoms with Crippen molar-refractivity contribution in [2.45, 2.75) is 6.54 Å². The van der Waals surface area contributed by atoms with Crippen LogP contribution in [0.4, 0.5) is 5.82 Å². The van der Waals surface area contributed by atoms with Crippen LogP contribution in [0, 0.1) is 0 Å². The Morgan fingerprint density at radius 1 is 1.64 bits per heavy atom. The van der Waals surface area contributed by atoms with Crippen molar-refractivity contribution < 1.29 is 0 Å². The maximum Gasteiger partial charge on any atom is 0.178 e. The standard InChI is InChI=1S/C6H5I2N3/c7-6-10-5-4(1-2-9-5)3-11(6)8/h1-2,9H,3H2. The van der Waals surface area contributed by atoms with E-state index in [2.05, 4.69) is 64.6 Å². The fourth-order valence-corrected chi connectivity index (χ4v) is 1.87. The predicted molar refractivity (Wildman–Crippen MR) is 61.5 cm³/mol. The van der Waals surface area contributed by atoms with Crippen LogP contribution in [-0.2, 0) is 6.54 Å². The predicted octanol–water partition coefficient (Wildman–Crippen LogP) is 2.60. The van der Waals surface area contributed by atoms with E-state index in [1.165, 1.54) is 5.56 Å². The van der Waals surface area contributed by atoms with E-state index in [0.717, 1.165) is 16.2 Å². The third-order valence-corrected chi connectivity index (χ3v) is 4.07. The van der Waals surface area contributed by atoms with Crippen molar-refractivity contribution in [1.82, 2.24) is 8.10 Å². The van der Waals surface area contributed by atoms with E-state index in [0.29, 0.717) is 0 Å². The molecule has 5 heteroatoms. The molecule has 0 saturated carbocycles. The summed E-state index contributed by atoms with van der Waals surface area (Å²) in [4.78, 5) is 7.44. The Labute approximate surface area is 91.9 Å². The van der Waals surface area contributed by atoms with Gasteiger partial charge in [-0.3, -0.25) is 3.11 Å². The second kappa shape index (κ2) is 2.92. The van der Waals surface area contributed by atoms with Crippen LogP contribution < -0.4 is 0 Å². The third kappa shape index (κ3) is 1.40. The lowest BCUT2D eigenvalue weighted by Crippen LogP contribution is -2.17. The van der Waals surface area contributed by atoms with Crippen molar-refractivity contribution in [3.63, 3.8) is 0 Å². The van der Waals surface area contributed by atoms with Gasteiger partial charge < -0.3 is 4.98 Å². The van der Waals surface area contributed by atoms with E-state index in [9.17, 15) is 0 Å².